The molecule has 0 radical (unpaired) electrons. The summed E-state index contributed by atoms with van der Waals surface area (Å²) in [5.41, 5.74) is 14.9. The number of fused-ring (bicyclic) bond motifs is 2. The summed E-state index contributed by atoms with van der Waals surface area (Å²) in [6.07, 6.45) is 7.98. The van der Waals surface area contributed by atoms with Gasteiger partial charge in [0, 0.05) is 17.1 Å². The SMILES string of the molecule is C=C/C=C(\C=C)c1cccc(N2c3cc(-c4ccccc4)ccc3B(/C(C)=C/C)c3c(C)cc(C)cc32)c1. The fraction of sp³-hybridized carbons (Fsp3) is 0.111. The fourth-order valence-electron chi connectivity index (χ4n) is 5.75. The molecule has 0 fully saturated rings. The molecule has 1 aliphatic heterocycles. The molecule has 0 aromatic heterocycles. The van der Waals surface area contributed by atoms with Crippen LogP contribution < -0.4 is 15.8 Å². The number of rotatable bonds is 6. The predicted molar refractivity (Wildman–Crippen MR) is 169 cm³/mol. The average Bonchev–Trinajstić information content (AvgIpc) is 2.94. The van der Waals surface area contributed by atoms with E-state index >= 15 is 0 Å². The first-order valence-electron chi connectivity index (χ1n) is 13.3. The first-order valence-corrected chi connectivity index (χ1v) is 13.3. The van der Waals surface area contributed by atoms with Crippen LogP contribution in [0.25, 0.3) is 16.7 Å². The Balaban J connectivity index is 1.83. The molecule has 1 nitrogen and oxygen atoms in total. The maximum absolute atomic E-state index is 4.04. The number of anilines is 3. The van der Waals surface area contributed by atoms with Gasteiger partial charge in [-0.15, -0.1) is 0 Å². The van der Waals surface area contributed by atoms with Crippen LogP contribution in [0, 0.1) is 13.8 Å². The molecule has 0 atom stereocenters. The molecule has 1 aliphatic rings. The Kier molecular flexibility index (Phi) is 7.07. The van der Waals surface area contributed by atoms with Gasteiger partial charge in [0.05, 0.1) is 0 Å². The molecule has 4 aromatic carbocycles. The van der Waals surface area contributed by atoms with Gasteiger partial charge in [0.2, 0.25) is 6.71 Å². The van der Waals surface area contributed by atoms with Crippen LogP contribution in [0.3, 0.4) is 0 Å². The Hall–Kier alpha value is -4.30. The molecular weight excluding hydrogens is 457 g/mol. The molecule has 186 valence electrons. The lowest BCUT2D eigenvalue weighted by atomic mass is 9.34. The first-order chi connectivity index (χ1) is 18.5. The van der Waals surface area contributed by atoms with Crippen LogP contribution in [-0.2, 0) is 0 Å². The minimum Gasteiger partial charge on any atom is -0.311 e. The first kappa shape index (κ1) is 25.4. The highest BCUT2D eigenvalue weighted by Crippen LogP contribution is 2.40. The quantitative estimate of drug-likeness (QED) is 0.193. The second-order valence-corrected chi connectivity index (χ2v) is 10.1. The summed E-state index contributed by atoms with van der Waals surface area (Å²) in [4.78, 5) is 2.45. The standard InChI is InChI=1S/C36H34BN/c1-7-14-28(9-3)30-17-13-18-32(23-30)38-34-24-31(29-15-11-10-12-16-29)19-20-33(34)37(27(6)8-2)36-26(5)21-25(4)22-35(36)38/h7-24H,1,3H2,2,4-6H3/b27-8+,28-14+. The van der Waals surface area contributed by atoms with Gasteiger partial charge >= 0.3 is 0 Å². The molecule has 1 heterocycles. The molecule has 0 amide bonds. The van der Waals surface area contributed by atoms with E-state index in [9.17, 15) is 0 Å². The zero-order valence-electron chi connectivity index (χ0n) is 22.8. The third-order valence-corrected chi connectivity index (χ3v) is 7.59. The maximum atomic E-state index is 4.04. The van der Waals surface area contributed by atoms with Crippen molar-refractivity contribution in [3.8, 4) is 11.1 Å². The van der Waals surface area contributed by atoms with E-state index in [1.165, 1.54) is 50.0 Å². The lowest BCUT2D eigenvalue weighted by Crippen LogP contribution is -2.52. The fourth-order valence-corrected chi connectivity index (χ4v) is 5.75. The number of hydrogen-bond acceptors (Lipinski definition) is 1. The minimum atomic E-state index is 0.208. The highest BCUT2D eigenvalue weighted by molar-refractivity contribution is 6.93. The molecule has 4 aromatic rings. The largest absolute Gasteiger partial charge is 0.311 e. The Labute approximate surface area is 228 Å². The summed E-state index contributed by atoms with van der Waals surface area (Å²) in [7, 11) is 0. The molecule has 0 saturated carbocycles. The van der Waals surface area contributed by atoms with Crippen LogP contribution in [-0.4, -0.2) is 6.71 Å². The number of benzene rings is 4. The van der Waals surface area contributed by atoms with Crippen molar-refractivity contribution in [3.05, 3.63) is 145 Å². The van der Waals surface area contributed by atoms with E-state index in [0.717, 1.165) is 16.8 Å². The van der Waals surface area contributed by atoms with Gasteiger partial charge < -0.3 is 4.90 Å². The highest BCUT2D eigenvalue weighted by atomic mass is 15.1. The Morgan fingerprint density at radius 1 is 0.816 bits per heavy atom. The van der Waals surface area contributed by atoms with Gasteiger partial charge in [-0.05, 0) is 83.8 Å². The molecular formula is C36H34BN. The van der Waals surface area contributed by atoms with Crippen LogP contribution in [0.5, 0.6) is 0 Å². The van der Waals surface area contributed by atoms with E-state index in [2.05, 4.69) is 137 Å². The van der Waals surface area contributed by atoms with Crippen LogP contribution in [0.2, 0.25) is 0 Å². The van der Waals surface area contributed by atoms with Gasteiger partial charge in [0.25, 0.3) is 0 Å². The smallest absolute Gasteiger partial charge is 0.242 e. The lowest BCUT2D eigenvalue weighted by Gasteiger charge is -2.39. The topological polar surface area (TPSA) is 3.24 Å². The monoisotopic (exact) mass is 491 g/mol. The van der Waals surface area contributed by atoms with Crippen molar-refractivity contribution in [2.75, 3.05) is 4.90 Å². The van der Waals surface area contributed by atoms with Gasteiger partial charge in [0.1, 0.15) is 0 Å². The predicted octanol–water partition coefficient (Wildman–Crippen LogP) is 8.62. The molecule has 38 heavy (non-hydrogen) atoms. The Bertz CT molecular complexity index is 1590. The summed E-state index contributed by atoms with van der Waals surface area (Å²) in [6.45, 7) is 17.0. The molecule has 2 heteroatoms. The van der Waals surface area contributed by atoms with Crippen molar-refractivity contribution in [2.24, 2.45) is 0 Å². The highest BCUT2D eigenvalue weighted by Gasteiger charge is 2.36. The van der Waals surface area contributed by atoms with E-state index < -0.39 is 0 Å². The molecule has 0 unspecified atom stereocenters. The van der Waals surface area contributed by atoms with Gasteiger partial charge in [-0.1, -0.05) is 116 Å². The minimum absolute atomic E-state index is 0.208. The molecule has 0 saturated heterocycles. The Morgan fingerprint density at radius 3 is 2.32 bits per heavy atom. The summed E-state index contributed by atoms with van der Waals surface area (Å²) < 4.78 is 0. The third-order valence-electron chi connectivity index (χ3n) is 7.59. The van der Waals surface area contributed by atoms with E-state index in [0.29, 0.717) is 0 Å². The third kappa shape index (κ3) is 4.48. The number of allylic oxidation sites excluding steroid dienone is 6. The van der Waals surface area contributed by atoms with Gasteiger partial charge in [-0.3, -0.25) is 0 Å². The molecule has 5 rings (SSSR count). The second kappa shape index (κ2) is 10.6. The summed E-state index contributed by atoms with van der Waals surface area (Å²) >= 11 is 0. The molecule has 0 aliphatic carbocycles. The van der Waals surface area contributed by atoms with Gasteiger partial charge in [-0.2, -0.15) is 0 Å². The average molecular weight is 491 g/mol. The normalized spacial score (nSPS) is 13.2. The van der Waals surface area contributed by atoms with E-state index in [1.54, 1.807) is 0 Å². The van der Waals surface area contributed by atoms with Crippen molar-refractivity contribution in [1.82, 2.24) is 0 Å². The zero-order valence-corrected chi connectivity index (χ0v) is 22.8. The lowest BCUT2D eigenvalue weighted by molar-refractivity contribution is 1.26. The number of aryl methyl sites for hydroxylation is 2. The van der Waals surface area contributed by atoms with Gasteiger partial charge in [-0.25, -0.2) is 0 Å². The van der Waals surface area contributed by atoms with Crippen molar-refractivity contribution < 1.29 is 0 Å². The molecule has 0 bridgehead atoms. The molecule has 0 spiro atoms. The molecule has 0 N–H and O–H groups in total. The van der Waals surface area contributed by atoms with Gasteiger partial charge in [0.15, 0.2) is 0 Å². The van der Waals surface area contributed by atoms with Crippen molar-refractivity contribution >= 4 is 40.3 Å². The van der Waals surface area contributed by atoms with E-state index in [-0.39, 0.29) is 6.71 Å². The van der Waals surface area contributed by atoms with E-state index in [4.69, 9.17) is 0 Å². The second-order valence-electron chi connectivity index (χ2n) is 10.1. The summed E-state index contributed by atoms with van der Waals surface area (Å²) in [5, 5.41) is 0. The number of nitrogens with zero attached hydrogens (tertiary/aromatic N) is 1. The summed E-state index contributed by atoms with van der Waals surface area (Å²) in [5.74, 6) is 0. The van der Waals surface area contributed by atoms with Crippen LogP contribution in [0.4, 0.5) is 17.1 Å². The van der Waals surface area contributed by atoms with Crippen LogP contribution in [0.15, 0.2) is 128 Å². The van der Waals surface area contributed by atoms with Crippen molar-refractivity contribution in [2.45, 2.75) is 27.7 Å². The van der Waals surface area contributed by atoms with Crippen LogP contribution >= 0.6 is 0 Å². The maximum Gasteiger partial charge on any atom is 0.242 e. The number of hydrogen-bond donors (Lipinski definition) is 0. The summed E-state index contributed by atoms with van der Waals surface area (Å²) in [6, 6.07) is 31.0. The zero-order chi connectivity index (χ0) is 26.8. The van der Waals surface area contributed by atoms with E-state index in [1.807, 2.05) is 18.2 Å². The van der Waals surface area contributed by atoms with Crippen molar-refractivity contribution in [1.29, 1.82) is 0 Å². The Morgan fingerprint density at radius 2 is 1.61 bits per heavy atom. The van der Waals surface area contributed by atoms with Crippen molar-refractivity contribution in [3.63, 3.8) is 0 Å². The van der Waals surface area contributed by atoms with Crippen LogP contribution in [0.1, 0.15) is 30.5 Å².